The zero-order valence-electron chi connectivity index (χ0n) is 14.4. The van der Waals surface area contributed by atoms with Gasteiger partial charge in [0, 0.05) is 17.8 Å². The van der Waals surface area contributed by atoms with E-state index in [0.29, 0.717) is 23.6 Å². The second kappa shape index (κ2) is 7.79. The molecule has 1 atom stereocenters. The number of amides is 1. The van der Waals surface area contributed by atoms with Crippen LogP contribution in [0.2, 0.25) is 0 Å². The van der Waals surface area contributed by atoms with Crippen molar-refractivity contribution in [1.82, 2.24) is 20.3 Å². The highest BCUT2D eigenvalue weighted by molar-refractivity contribution is 5.94. The van der Waals surface area contributed by atoms with Gasteiger partial charge in [-0.15, -0.1) is 0 Å². The molecule has 0 aliphatic rings. The van der Waals surface area contributed by atoms with Gasteiger partial charge in [-0.3, -0.25) is 4.79 Å². The average Bonchev–Trinajstić information content (AvgIpc) is 3.07. The lowest BCUT2D eigenvalue weighted by Crippen LogP contribution is -2.32. The largest absolute Gasteiger partial charge is 0.392 e. The second-order valence-corrected chi connectivity index (χ2v) is 6.09. The van der Waals surface area contributed by atoms with Crippen molar-refractivity contribution < 1.29 is 9.90 Å². The first kappa shape index (κ1) is 17.6. The van der Waals surface area contributed by atoms with E-state index in [0.717, 1.165) is 16.6 Å². The van der Waals surface area contributed by atoms with E-state index in [2.05, 4.69) is 20.3 Å². The third-order valence-electron chi connectivity index (χ3n) is 3.97. The number of anilines is 1. The molecule has 2 aromatic heterocycles. The number of rotatable bonds is 6. The Morgan fingerprint density at radius 3 is 3.00 bits per heavy atom. The fourth-order valence-electron chi connectivity index (χ4n) is 2.58. The maximum absolute atomic E-state index is 12.3. The van der Waals surface area contributed by atoms with E-state index in [9.17, 15) is 9.90 Å². The molecule has 0 bridgehead atoms. The van der Waals surface area contributed by atoms with Gasteiger partial charge < -0.3 is 21.1 Å². The number of imidazole rings is 1. The molecule has 3 rings (SSSR count). The van der Waals surface area contributed by atoms with Gasteiger partial charge in [0.05, 0.1) is 17.6 Å². The Hall–Kier alpha value is -3.19. The normalized spacial score (nSPS) is 12.5. The summed E-state index contributed by atoms with van der Waals surface area (Å²) in [6.07, 6.45) is 6.11. The number of benzene rings is 1. The molecule has 1 aromatic carbocycles. The highest BCUT2D eigenvalue weighted by Crippen LogP contribution is 2.13. The summed E-state index contributed by atoms with van der Waals surface area (Å²) in [6.45, 7) is 1.77. The zero-order valence-corrected chi connectivity index (χ0v) is 14.4. The van der Waals surface area contributed by atoms with Crippen LogP contribution < -0.4 is 11.1 Å². The maximum atomic E-state index is 12.3. The first-order chi connectivity index (χ1) is 12.6. The van der Waals surface area contributed by atoms with Crippen LogP contribution in [0.15, 0.2) is 42.6 Å². The van der Waals surface area contributed by atoms with Gasteiger partial charge in [-0.2, -0.15) is 0 Å². The maximum Gasteiger partial charge on any atom is 0.287 e. The van der Waals surface area contributed by atoms with E-state index < -0.39 is 0 Å². The molecule has 26 heavy (non-hydrogen) atoms. The van der Waals surface area contributed by atoms with Crippen molar-refractivity contribution in [3.05, 3.63) is 59.6 Å². The van der Waals surface area contributed by atoms with Crippen molar-refractivity contribution in [3.63, 3.8) is 0 Å². The van der Waals surface area contributed by atoms with Crippen molar-refractivity contribution in [2.24, 2.45) is 0 Å². The van der Waals surface area contributed by atoms with Crippen LogP contribution in [0.4, 0.5) is 5.82 Å². The van der Waals surface area contributed by atoms with Crippen molar-refractivity contribution in [2.75, 3.05) is 5.73 Å². The lowest BCUT2D eigenvalue weighted by atomic mass is 10.1. The fraction of sp³-hybridized carbons (Fsp3) is 0.211. The monoisotopic (exact) mass is 351 g/mol. The lowest BCUT2D eigenvalue weighted by Gasteiger charge is -2.10. The SMILES string of the molecule is C[C@@H](C/C=C/c1cnc(N)c(CO)c1)NC(=O)c1nc2ccccc2[nH]1. The van der Waals surface area contributed by atoms with Crippen LogP contribution >= 0.6 is 0 Å². The van der Waals surface area contributed by atoms with E-state index in [-0.39, 0.29) is 18.6 Å². The molecule has 7 heteroatoms. The standard InChI is InChI=1S/C19H21N5O2/c1-12(5-4-6-13-9-14(11-25)17(20)21-10-13)22-19(26)18-23-15-7-2-3-8-16(15)24-18/h2-4,6-10,12,25H,5,11H2,1H3,(H2,20,21)(H,22,26)(H,23,24)/b6-4+/t12-/m0/s1. The van der Waals surface area contributed by atoms with Crippen LogP contribution in [0.1, 0.15) is 35.1 Å². The summed E-state index contributed by atoms with van der Waals surface area (Å²) >= 11 is 0. The topological polar surface area (TPSA) is 117 Å². The summed E-state index contributed by atoms with van der Waals surface area (Å²) in [4.78, 5) is 23.6. The summed E-state index contributed by atoms with van der Waals surface area (Å²) in [6, 6.07) is 9.24. The van der Waals surface area contributed by atoms with Crippen LogP contribution in [0.25, 0.3) is 17.1 Å². The number of aromatic nitrogens is 3. The van der Waals surface area contributed by atoms with Crippen molar-refractivity contribution in [3.8, 4) is 0 Å². The summed E-state index contributed by atoms with van der Waals surface area (Å²) in [5, 5.41) is 12.1. The number of H-pyrrole nitrogens is 1. The highest BCUT2D eigenvalue weighted by atomic mass is 16.3. The second-order valence-electron chi connectivity index (χ2n) is 6.09. The number of aromatic amines is 1. The molecule has 0 unspecified atom stereocenters. The number of nitrogen functional groups attached to an aromatic ring is 1. The number of nitrogens with one attached hydrogen (secondary N) is 2. The Labute approximate surface area is 151 Å². The number of para-hydroxylation sites is 2. The van der Waals surface area contributed by atoms with Gasteiger partial charge in [-0.25, -0.2) is 9.97 Å². The van der Waals surface area contributed by atoms with Crippen LogP contribution in [0.5, 0.6) is 0 Å². The van der Waals surface area contributed by atoms with Crippen molar-refractivity contribution in [2.45, 2.75) is 26.0 Å². The molecule has 5 N–H and O–H groups in total. The van der Waals surface area contributed by atoms with Gasteiger partial charge in [-0.1, -0.05) is 24.3 Å². The molecular weight excluding hydrogens is 330 g/mol. The Balaban J connectivity index is 1.58. The fourth-order valence-corrected chi connectivity index (χ4v) is 2.58. The number of nitrogens with zero attached hydrogens (tertiary/aromatic N) is 2. The number of pyridine rings is 1. The Morgan fingerprint density at radius 2 is 2.23 bits per heavy atom. The van der Waals surface area contributed by atoms with Gasteiger partial charge in [0.1, 0.15) is 5.82 Å². The minimum Gasteiger partial charge on any atom is -0.392 e. The minimum absolute atomic E-state index is 0.0639. The quantitative estimate of drug-likeness (QED) is 0.543. The third-order valence-corrected chi connectivity index (χ3v) is 3.97. The number of hydrogen-bond acceptors (Lipinski definition) is 5. The number of aliphatic hydroxyl groups is 1. The lowest BCUT2D eigenvalue weighted by molar-refractivity contribution is 0.0931. The van der Waals surface area contributed by atoms with E-state index in [1.165, 1.54) is 0 Å². The van der Waals surface area contributed by atoms with Crippen LogP contribution in [-0.4, -0.2) is 32.0 Å². The Bertz CT molecular complexity index is 915. The van der Waals surface area contributed by atoms with Gasteiger partial charge in [0.15, 0.2) is 5.82 Å². The van der Waals surface area contributed by atoms with Gasteiger partial charge in [0.25, 0.3) is 5.91 Å². The number of aliphatic hydroxyl groups excluding tert-OH is 1. The molecule has 134 valence electrons. The molecule has 0 aliphatic heterocycles. The van der Waals surface area contributed by atoms with Gasteiger partial charge >= 0.3 is 0 Å². The predicted molar refractivity (Wildman–Crippen MR) is 101 cm³/mol. The smallest absolute Gasteiger partial charge is 0.287 e. The summed E-state index contributed by atoms with van der Waals surface area (Å²) in [7, 11) is 0. The number of nitrogens with two attached hydrogens (primary N) is 1. The molecule has 0 saturated carbocycles. The van der Waals surface area contributed by atoms with Crippen LogP contribution in [0, 0.1) is 0 Å². The zero-order chi connectivity index (χ0) is 18.5. The number of carbonyl (C=O) groups excluding carboxylic acids is 1. The Kier molecular flexibility index (Phi) is 5.28. The van der Waals surface area contributed by atoms with Crippen molar-refractivity contribution >= 4 is 28.8 Å². The predicted octanol–water partition coefficient (Wildman–Crippen LogP) is 2.25. The number of hydrogen-bond donors (Lipinski definition) is 4. The molecule has 2 heterocycles. The molecule has 0 aliphatic carbocycles. The molecule has 0 fully saturated rings. The Morgan fingerprint density at radius 1 is 1.42 bits per heavy atom. The van der Waals surface area contributed by atoms with E-state index in [1.807, 2.05) is 43.3 Å². The van der Waals surface area contributed by atoms with Crippen molar-refractivity contribution in [1.29, 1.82) is 0 Å². The van der Waals surface area contributed by atoms with Crippen LogP contribution in [0.3, 0.4) is 0 Å². The first-order valence-electron chi connectivity index (χ1n) is 8.34. The van der Waals surface area contributed by atoms with Gasteiger partial charge in [-0.05, 0) is 37.1 Å². The third kappa shape index (κ3) is 4.07. The molecule has 7 nitrogen and oxygen atoms in total. The molecule has 3 aromatic rings. The summed E-state index contributed by atoms with van der Waals surface area (Å²) in [5.41, 5.74) is 8.70. The average molecular weight is 351 g/mol. The summed E-state index contributed by atoms with van der Waals surface area (Å²) in [5.74, 6) is 0.396. The number of fused-ring (bicyclic) bond motifs is 1. The molecule has 0 radical (unpaired) electrons. The van der Waals surface area contributed by atoms with Crippen LogP contribution in [-0.2, 0) is 6.61 Å². The molecular formula is C19H21N5O2. The van der Waals surface area contributed by atoms with E-state index >= 15 is 0 Å². The van der Waals surface area contributed by atoms with E-state index in [4.69, 9.17) is 5.73 Å². The molecule has 1 amide bonds. The molecule has 0 spiro atoms. The minimum atomic E-state index is -0.237. The highest BCUT2D eigenvalue weighted by Gasteiger charge is 2.13. The molecule has 0 saturated heterocycles. The van der Waals surface area contributed by atoms with Gasteiger partial charge in [0.2, 0.25) is 0 Å². The van der Waals surface area contributed by atoms with E-state index in [1.54, 1.807) is 12.3 Å². The number of carbonyl (C=O) groups is 1. The summed E-state index contributed by atoms with van der Waals surface area (Å²) < 4.78 is 0. The first-order valence-corrected chi connectivity index (χ1v) is 8.34.